The normalized spacial score (nSPS) is 11.0. The molecule has 0 N–H and O–H groups in total. The van der Waals surface area contributed by atoms with Crippen molar-refractivity contribution in [2.75, 3.05) is 0 Å². The summed E-state index contributed by atoms with van der Waals surface area (Å²) in [7, 11) is 1.62. The predicted octanol–water partition coefficient (Wildman–Crippen LogP) is 3.10. The lowest BCUT2D eigenvalue weighted by atomic mass is 10.1. The summed E-state index contributed by atoms with van der Waals surface area (Å²) in [6.07, 6.45) is 1.51. The first-order valence-electron chi connectivity index (χ1n) is 6.27. The molecule has 0 aliphatic rings. The van der Waals surface area contributed by atoms with Crippen LogP contribution in [0.4, 0.5) is 4.39 Å². The van der Waals surface area contributed by atoms with Gasteiger partial charge in [0.25, 0.3) is 5.56 Å². The van der Waals surface area contributed by atoms with Crippen LogP contribution in [-0.2, 0) is 7.05 Å². The molecule has 3 aromatic rings. The van der Waals surface area contributed by atoms with Gasteiger partial charge in [-0.15, -0.1) is 0 Å². The zero-order chi connectivity index (χ0) is 15.1. The summed E-state index contributed by atoms with van der Waals surface area (Å²) < 4.78 is 15.5. The van der Waals surface area contributed by atoms with E-state index in [1.165, 1.54) is 22.9 Å². The van der Waals surface area contributed by atoms with E-state index in [2.05, 4.69) is 9.97 Å². The average molecular weight is 304 g/mol. The minimum Gasteiger partial charge on any atom is -0.299 e. The maximum Gasteiger partial charge on any atom is 0.263 e. The summed E-state index contributed by atoms with van der Waals surface area (Å²) in [6, 6.07) is 5.91. The van der Waals surface area contributed by atoms with Crippen molar-refractivity contribution in [2.45, 2.75) is 6.92 Å². The third-order valence-electron chi connectivity index (χ3n) is 3.40. The Bertz CT molecular complexity index is 921. The number of pyridine rings is 1. The summed E-state index contributed by atoms with van der Waals surface area (Å²) >= 11 is 5.76. The Hall–Kier alpha value is -2.27. The maximum absolute atomic E-state index is 14.1. The van der Waals surface area contributed by atoms with Crippen LogP contribution in [0.15, 0.2) is 35.3 Å². The molecule has 0 aliphatic heterocycles. The van der Waals surface area contributed by atoms with E-state index in [-0.39, 0.29) is 16.8 Å². The molecule has 0 atom stereocenters. The summed E-state index contributed by atoms with van der Waals surface area (Å²) in [5.74, 6) is 0.0614. The second-order valence-corrected chi connectivity index (χ2v) is 5.14. The Labute approximate surface area is 124 Å². The molecule has 0 bridgehead atoms. The fourth-order valence-corrected chi connectivity index (χ4v) is 2.36. The Morgan fingerprint density at radius 2 is 2.05 bits per heavy atom. The number of halogens is 2. The van der Waals surface area contributed by atoms with E-state index in [0.717, 1.165) is 0 Å². The summed E-state index contributed by atoms with van der Waals surface area (Å²) in [4.78, 5) is 21.0. The highest BCUT2D eigenvalue weighted by Crippen LogP contribution is 2.27. The van der Waals surface area contributed by atoms with Crippen LogP contribution in [0.1, 0.15) is 5.82 Å². The molecule has 106 valence electrons. The molecular weight excluding hydrogens is 293 g/mol. The summed E-state index contributed by atoms with van der Waals surface area (Å²) in [5, 5.41) is 0.588. The zero-order valence-electron chi connectivity index (χ0n) is 11.4. The lowest BCUT2D eigenvalue weighted by Crippen LogP contribution is -2.21. The molecule has 4 nitrogen and oxygen atoms in total. The maximum atomic E-state index is 14.1. The lowest BCUT2D eigenvalue weighted by molar-refractivity contribution is 0.631. The topological polar surface area (TPSA) is 47.8 Å². The Morgan fingerprint density at radius 3 is 2.76 bits per heavy atom. The van der Waals surface area contributed by atoms with Crippen LogP contribution in [0.5, 0.6) is 0 Å². The van der Waals surface area contributed by atoms with Gasteiger partial charge in [-0.2, -0.15) is 0 Å². The molecule has 0 saturated heterocycles. The van der Waals surface area contributed by atoms with Crippen molar-refractivity contribution < 1.29 is 4.39 Å². The summed E-state index contributed by atoms with van der Waals surface area (Å²) in [5.41, 5.74) is 0.743. The molecule has 0 aliphatic carbocycles. The number of hydrogen-bond acceptors (Lipinski definition) is 3. The van der Waals surface area contributed by atoms with Crippen molar-refractivity contribution in [1.29, 1.82) is 0 Å². The standard InChI is InChI=1S/C15H11ClFN3O/c1-8-19-12-5-6-18-14(13(12)15(21)20(8)2)10-4-3-9(16)7-11(10)17/h3-7H,1-2H3. The molecule has 2 aromatic heterocycles. The van der Waals surface area contributed by atoms with Gasteiger partial charge in [-0.25, -0.2) is 9.37 Å². The average Bonchev–Trinajstić information content (AvgIpc) is 2.44. The Balaban J connectivity index is 2.44. The molecule has 0 amide bonds. The first-order valence-corrected chi connectivity index (χ1v) is 6.64. The van der Waals surface area contributed by atoms with Crippen LogP contribution in [0.2, 0.25) is 5.02 Å². The van der Waals surface area contributed by atoms with Gasteiger partial charge in [0.1, 0.15) is 11.6 Å². The highest BCUT2D eigenvalue weighted by molar-refractivity contribution is 6.30. The van der Waals surface area contributed by atoms with Crippen LogP contribution in [0, 0.1) is 12.7 Å². The highest BCUT2D eigenvalue weighted by Gasteiger charge is 2.15. The van der Waals surface area contributed by atoms with Gasteiger partial charge in [-0.05, 0) is 31.2 Å². The van der Waals surface area contributed by atoms with Crippen molar-refractivity contribution >= 4 is 22.5 Å². The minimum atomic E-state index is -0.523. The van der Waals surface area contributed by atoms with E-state index in [0.29, 0.717) is 21.7 Å². The smallest absolute Gasteiger partial charge is 0.263 e. The van der Waals surface area contributed by atoms with Crippen molar-refractivity contribution in [3.05, 3.63) is 57.5 Å². The number of rotatable bonds is 1. The molecule has 0 unspecified atom stereocenters. The third kappa shape index (κ3) is 2.19. The SMILES string of the molecule is Cc1nc2ccnc(-c3ccc(Cl)cc3F)c2c(=O)n1C. The van der Waals surface area contributed by atoms with E-state index >= 15 is 0 Å². The number of aromatic nitrogens is 3. The molecule has 0 saturated carbocycles. The molecule has 21 heavy (non-hydrogen) atoms. The number of fused-ring (bicyclic) bond motifs is 1. The quantitative estimate of drug-likeness (QED) is 0.694. The first-order chi connectivity index (χ1) is 9.99. The van der Waals surface area contributed by atoms with Crippen molar-refractivity contribution in [2.24, 2.45) is 7.05 Å². The van der Waals surface area contributed by atoms with E-state index in [1.807, 2.05) is 0 Å². The van der Waals surface area contributed by atoms with Gasteiger partial charge < -0.3 is 0 Å². The fraction of sp³-hybridized carbons (Fsp3) is 0.133. The van der Waals surface area contributed by atoms with Crippen molar-refractivity contribution in [1.82, 2.24) is 14.5 Å². The van der Waals surface area contributed by atoms with Crippen LogP contribution in [0.3, 0.4) is 0 Å². The zero-order valence-corrected chi connectivity index (χ0v) is 12.1. The van der Waals surface area contributed by atoms with E-state index in [1.54, 1.807) is 26.1 Å². The van der Waals surface area contributed by atoms with Crippen molar-refractivity contribution in [3.8, 4) is 11.3 Å². The molecule has 0 spiro atoms. The molecule has 2 heterocycles. The van der Waals surface area contributed by atoms with Crippen LogP contribution in [-0.4, -0.2) is 14.5 Å². The molecule has 3 rings (SSSR count). The molecule has 1 aromatic carbocycles. The van der Waals surface area contributed by atoms with Gasteiger partial charge in [0, 0.05) is 23.8 Å². The number of hydrogen-bond donors (Lipinski definition) is 0. The molecular formula is C15H11ClFN3O. The third-order valence-corrected chi connectivity index (χ3v) is 3.64. The van der Waals surface area contributed by atoms with Gasteiger partial charge in [0.15, 0.2) is 0 Å². The predicted molar refractivity (Wildman–Crippen MR) is 79.9 cm³/mol. The number of aryl methyl sites for hydroxylation is 1. The monoisotopic (exact) mass is 303 g/mol. The largest absolute Gasteiger partial charge is 0.299 e. The fourth-order valence-electron chi connectivity index (χ4n) is 2.21. The molecule has 0 radical (unpaired) electrons. The Kier molecular flexibility index (Phi) is 3.22. The van der Waals surface area contributed by atoms with Crippen LogP contribution in [0.25, 0.3) is 22.2 Å². The van der Waals surface area contributed by atoms with Gasteiger partial charge in [0.05, 0.1) is 16.6 Å². The Morgan fingerprint density at radius 1 is 1.29 bits per heavy atom. The molecule has 0 fully saturated rings. The van der Waals surface area contributed by atoms with Crippen LogP contribution < -0.4 is 5.56 Å². The van der Waals surface area contributed by atoms with Gasteiger partial charge in [-0.3, -0.25) is 14.3 Å². The molecule has 6 heteroatoms. The first kappa shape index (κ1) is 13.7. The second kappa shape index (κ2) is 4.93. The summed E-state index contributed by atoms with van der Waals surface area (Å²) in [6.45, 7) is 1.74. The number of nitrogens with zero attached hydrogens (tertiary/aromatic N) is 3. The van der Waals surface area contributed by atoms with Gasteiger partial charge in [0.2, 0.25) is 0 Å². The second-order valence-electron chi connectivity index (χ2n) is 4.70. The van der Waals surface area contributed by atoms with Gasteiger partial charge >= 0.3 is 0 Å². The highest BCUT2D eigenvalue weighted by atomic mass is 35.5. The van der Waals surface area contributed by atoms with E-state index in [4.69, 9.17) is 11.6 Å². The number of benzene rings is 1. The van der Waals surface area contributed by atoms with Gasteiger partial charge in [-0.1, -0.05) is 11.6 Å². The van der Waals surface area contributed by atoms with Crippen LogP contribution >= 0.6 is 11.6 Å². The van der Waals surface area contributed by atoms with E-state index < -0.39 is 5.82 Å². The van der Waals surface area contributed by atoms with Crippen molar-refractivity contribution in [3.63, 3.8) is 0 Å². The van der Waals surface area contributed by atoms with E-state index in [9.17, 15) is 9.18 Å². The lowest BCUT2D eigenvalue weighted by Gasteiger charge is -2.09. The minimum absolute atomic E-state index is 0.229.